The van der Waals surface area contributed by atoms with Crippen LogP contribution >= 0.6 is 0 Å². The molecule has 0 radical (unpaired) electrons. The Hall–Kier alpha value is -2.98. The Morgan fingerprint density at radius 2 is 0.929 bits per heavy atom. The molecule has 28 heavy (non-hydrogen) atoms. The van der Waals surface area contributed by atoms with Crippen molar-refractivity contribution in [2.75, 3.05) is 0 Å². The highest BCUT2D eigenvalue weighted by Gasteiger charge is 2.46. The molecule has 0 aliphatic carbocycles. The van der Waals surface area contributed by atoms with Crippen LogP contribution in [0.25, 0.3) is 0 Å². The van der Waals surface area contributed by atoms with E-state index >= 15 is 0 Å². The van der Waals surface area contributed by atoms with Crippen LogP contribution in [0.3, 0.4) is 0 Å². The molecular formula is C17H24O11. The molecule has 0 rings (SSSR count). The molecule has 0 saturated carbocycles. The van der Waals surface area contributed by atoms with Gasteiger partial charge in [0, 0.05) is 34.6 Å². The maximum atomic E-state index is 11.6. The standard InChI is InChI=1S/C17H24O11/c1-8(24-9(2)19)15(26-11(4)21)17(28-13(6)23)16(27-12(5)22)14(7-18)25-10(3)20/h7-8,14-17H,1-6H3/t8?,14-,15+,16+,17-/m1/s1. The lowest BCUT2D eigenvalue weighted by Gasteiger charge is -2.35. The van der Waals surface area contributed by atoms with Crippen LogP contribution in [0, 0.1) is 0 Å². The molecule has 5 atom stereocenters. The lowest BCUT2D eigenvalue weighted by atomic mass is 9.99. The van der Waals surface area contributed by atoms with Gasteiger partial charge in [-0.15, -0.1) is 0 Å². The van der Waals surface area contributed by atoms with E-state index in [1.54, 1.807) is 0 Å². The molecule has 0 aromatic heterocycles. The van der Waals surface area contributed by atoms with E-state index in [-0.39, 0.29) is 6.29 Å². The summed E-state index contributed by atoms with van der Waals surface area (Å²) in [5.74, 6) is -4.24. The molecule has 0 bridgehead atoms. The van der Waals surface area contributed by atoms with Crippen molar-refractivity contribution in [3.63, 3.8) is 0 Å². The summed E-state index contributed by atoms with van der Waals surface area (Å²) in [5.41, 5.74) is 0. The van der Waals surface area contributed by atoms with Gasteiger partial charge in [0.1, 0.15) is 6.10 Å². The molecule has 11 nitrogen and oxygen atoms in total. The fraction of sp³-hybridized carbons (Fsp3) is 0.647. The van der Waals surface area contributed by atoms with Gasteiger partial charge in [-0.2, -0.15) is 0 Å². The summed E-state index contributed by atoms with van der Waals surface area (Å²) in [4.78, 5) is 68.7. The van der Waals surface area contributed by atoms with Gasteiger partial charge in [0.2, 0.25) is 0 Å². The molecule has 0 aromatic rings. The maximum absolute atomic E-state index is 11.6. The summed E-state index contributed by atoms with van der Waals surface area (Å²) >= 11 is 0. The van der Waals surface area contributed by atoms with Gasteiger partial charge < -0.3 is 23.7 Å². The molecular weight excluding hydrogens is 380 g/mol. The van der Waals surface area contributed by atoms with Gasteiger partial charge in [-0.1, -0.05) is 0 Å². The van der Waals surface area contributed by atoms with Crippen molar-refractivity contribution in [2.24, 2.45) is 0 Å². The molecule has 0 amide bonds. The third kappa shape index (κ3) is 9.10. The number of aldehydes is 1. The van der Waals surface area contributed by atoms with Crippen LogP contribution < -0.4 is 0 Å². The van der Waals surface area contributed by atoms with Crippen LogP contribution in [-0.2, 0) is 52.5 Å². The number of carbonyl (C=O) groups excluding carboxylic acids is 6. The molecule has 1 unspecified atom stereocenters. The molecule has 0 spiro atoms. The Morgan fingerprint density at radius 3 is 1.29 bits per heavy atom. The van der Waals surface area contributed by atoms with Crippen LogP contribution in [-0.4, -0.2) is 66.7 Å². The molecule has 158 valence electrons. The number of carbonyl (C=O) groups is 6. The first-order valence-electron chi connectivity index (χ1n) is 8.20. The second kappa shape index (κ2) is 11.7. The Bertz CT molecular complexity index is 612. The average molecular weight is 404 g/mol. The van der Waals surface area contributed by atoms with Crippen LogP contribution in [0.1, 0.15) is 41.5 Å². The first-order chi connectivity index (χ1) is 12.9. The molecule has 0 N–H and O–H groups in total. The average Bonchev–Trinajstić information content (AvgIpc) is 2.52. The predicted octanol–water partition coefficient (Wildman–Crippen LogP) is -0.136. The Labute approximate surface area is 161 Å². The van der Waals surface area contributed by atoms with Gasteiger partial charge in [-0.3, -0.25) is 28.8 Å². The topological polar surface area (TPSA) is 149 Å². The zero-order valence-electron chi connectivity index (χ0n) is 16.5. The van der Waals surface area contributed by atoms with E-state index in [9.17, 15) is 28.8 Å². The van der Waals surface area contributed by atoms with E-state index in [0.29, 0.717) is 0 Å². The van der Waals surface area contributed by atoms with Gasteiger partial charge in [-0.25, -0.2) is 0 Å². The van der Waals surface area contributed by atoms with Crippen molar-refractivity contribution in [3.8, 4) is 0 Å². The first-order valence-corrected chi connectivity index (χ1v) is 8.20. The summed E-state index contributed by atoms with van der Waals surface area (Å²) in [5, 5.41) is 0. The SMILES string of the molecule is CC(=O)OC(C)[C@H](OC(C)=O)[C@@H](OC(C)=O)[C@@H](OC(C)=O)[C@@H](C=O)OC(C)=O. The van der Waals surface area contributed by atoms with Crippen molar-refractivity contribution in [1.82, 2.24) is 0 Å². The minimum absolute atomic E-state index is 0.160. The van der Waals surface area contributed by atoms with E-state index in [1.165, 1.54) is 6.92 Å². The second-order valence-electron chi connectivity index (χ2n) is 5.75. The fourth-order valence-corrected chi connectivity index (χ4v) is 2.34. The summed E-state index contributed by atoms with van der Waals surface area (Å²) in [7, 11) is 0. The number of hydrogen-bond donors (Lipinski definition) is 0. The largest absolute Gasteiger partial charge is 0.459 e. The van der Waals surface area contributed by atoms with E-state index in [1.807, 2.05) is 0 Å². The molecule has 0 aliphatic heterocycles. The summed E-state index contributed by atoms with van der Waals surface area (Å²) in [6.45, 7) is 6.50. The van der Waals surface area contributed by atoms with E-state index < -0.39 is 60.4 Å². The van der Waals surface area contributed by atoms with Crippen LogP contribution in [0.2, 0.25) is 0 Å². The highest BCUT2D eigenvalue weighted by atomic mass is 16.6. The fourth-order valence-electron chi connectivity index (χ4n) is 2.34. The summed E-state index contributed by atoms with van der Waals surface area (Å²) < 4.78 is 25.0. The normalized spacial score (nSPS) is 15.6. The van der Waals surface area contributed by atoms with Gasteiger partial charge in [-0.05, 0) is 6.92 Å². The summed E-state index contributed by atoms with van der Waals surface area (Å²) in [6, 6.07) is 0. The first kappa shape index (κ1) is 25.0. The van der Waals surface area contributed by atoms with Gasteiger partial charge in [0.15, 0.2) is 30.7 Å². The van der Waals surface area contributed by atoms with Crippen molar-refractivity contribution in [3.05, 3.63) is 0 Å². The third-order valence-corrected chi connectivity index (χ3v) is 3.13. The molecule has 11 heteroatoms. The van der Waals surface area contributed by atoms with Gasteiger partial charge >= 0.3 is 29.8 Å². The number of rotatable bonds is 10. The zero-order chi connectivity index (χ0) is 22.0. The van der Waals surface area contributed by atoms with Crippen molar-refractivity contribution in [1.29, 1.82) is 0 Å². The number of hydrogen-bond acceptors (Lipinski definition) is 11. The minimum Gasteiger partial charge on any atom is -0.459 e. The molecule has 0 aliphatic rings. The molecule has 0 fully saturated rings. The Balaban J connectivity index is 6.23. The molecule has 0 saturated heterocycles. The minimum atomic E-state index is -1.69. The summed E-state index contributed by atoms with van der Waals surface area (Å²) in [6.07, 6.45) is -7.49. The highest BCUT2D eigenvalue weighted by molar-refractivity contribution is 5.72. The Kier molecular flexibility index (Phi) is 10.4. The van der Waals surface area contributed by atoms with Crippen LogP contribution in [0.5, 0.6) is 0 Å². The van der Waals surface area contributed by atoms with Gasteiger partial charge in [0.05, 0.1) is 0 Å². The quantitative estimate of drug-likeness (QED) is 0.272. The monoisotopic (exact) mass is 404 g/mol. The highest BCUT2D eigenvalue weighted by Crippen LogP contribution is 2.22. The van der Waals surface area contributed by atoms with E-state index in [0.717, 1.165) is 34.6 Å². The lowest BCUT2D eigenvalue weighted by molar-refractivity contribution is -0.207. The smallest absolute Gasteiger partial charge is 0.303 e. The molecule has 0 heterocycles. The third-order valence-electron chi connectivity index (χ3n) is 3.13. The second-order valence-corrected chi connectivity index (χ2v) is 5.75. The molecule has 0 aromatic carbocycles. The zero-order valence-corrected chi connectivity index (χ0v) is 16.5. The van der Waals surface area contributed by atoms with Crippen molar-refractivity contribution < 1.29 is 52.5 Å². The predicted molar refractivity (Wildman–Crippen MR) is 89.5 cm³/mol. The van der Waals surface area contributed by atoms with Crippen LogP contribution in [0.4, 0.5) is 0 Å². The van der Waals surface area contributed by atoms with E-state index in [4.69, 9.17) is 23.7 Å². The number of ether oxygens (including phenoxy) is 5. The van der Waals surface area contributed by atoms with Crippen molar-refractivity contribution >= 4 is 36.1 Å². The Morgan fingerprint density at radius 1 is 0.571 bits per heavy atom. The lowest BCUT2D eigenvalue weighted by Crippen LogP contribution is -2.55. The van der Waals surface area contributed by atoms with Gasteiger partial charge in [0.25, 0.3) is 0 Å². The van der Waals surface area contributed by atoms with E-state index in [2.05, 4.69) is 0 Å². The van der Waals surface area contributed by atoms with Crippen LogP contribution in [0.15, 0.2) is 0 Å². The number of esters is 5. The van der Waals surface area contributed by atoms with Crippen molar-refractivity contribution in [2.45, 2.75) is 72.1 Å². The maximum Gasteiger partial charge on any atom is 0.303 e.